The van der Waals surface area contributed by atoms with Gasteiger partial charge in [0.05, 0.1) is 7.11 Å². The van der Waals surface area contributed by atoms with Crippen LogP contribution in [0.3, 0.4) is 0 Å². The molecule has 0 unspecified atom stereocenters. The smallest absolute Gasteiger partial charge is 0.289 e. The number of amides is 1. The Bertz CT molecular complexity index is 404. The predicted octanol–water partition coefficient (Wildman–Crippen LogP) is 3.77. The van der Waals surface area contributed by atoms with Gasteiger partial charge in [0.15, 0.2) is 0 Å². The maximum absolute atomic E-state index is 11.1. The molecule has 0 aromatic heterocycles. The lowest BCUT2D eigenvalue weighted by Gasteiger charge is -2.17. The highest BCUT2D eigenvalue weighted by Crippen LogP contribution is 2.27. The average molecular weight is 300 g/mol. The van der Waals surface area contributed by atoms with Crippen LogP contribution in [0.15, 0.2) is 18.2 Å². The van der Waals surface area contributed by atoms with Gasteiger partial charge in [-0.2, -0.15) is 0 Å². The van der Waals surface area contributed by atoms with Crippen molar-refractivity contribution < 1.29 is 9.53 Å². The second-order valence-corrected chi connectivity index (χ2v) is 5.02. The van der Waals surface area contributed by atoms with Gasteiger partial charge in [0.2, 0.25) is 0 Å². The third kappa shape index (κ3) is 3.73. The minimum absolute atomic E-state index is 0.112. The van der Waals surface area contributed by atoms with E-state index in [1.54, 1.807) is 19.1 Å². The first-order valence-corrected chi connectivity index (χ1v) is 6.32. The monoisotopic (exact) mass is 299 g/mol. The van der Waals surface area contributed by atoms with Crippen LogP contribution >= 0.6 is 15.9 Å². The number of carbonyl (C=O) groups is 1. The maximum atomic E-state index is 11.1. The zero-order chi connectivity index (χ0) is 13.0. The number of hydrogen-bond acceptors (Lipinski definition) is 2. The molecule has 0 bridgehead atoms. The number of carbonyl (C=O) groups excluding carboxylic acids is 1. The van der Waals surface area contributed by atoms with Crippen molar-refractivity contribution >= 4 is 20.7 Å². The van der Waals surface area contributed by atoms with Crippen LogP contribution < -0.4 is 4.74 Å². The van der Waals surface area contributed by atoms with E-state index >= 15 is 0 Å². The molecule has 0 N–H and O–H groups in total. The Morgan fingerprint density at radius 1 is 1.47 bits per heavy atom. The lowest BCUT2D eigenvalue weighted by molar-refractivity contribution is 0.233. The van der Waals surface area contributed by atoms with Gasteiger partial charge in [-0.15, -0.1) is 0 Å². The minimum Gasteiger partial charge on any atom is -0.496 e. The first-order chi connectivity index (χ1) is 7.95. The zero-order valence-electron chi connectivity index (χ0n) is 10.7. The number of rotatable bonds is 4. The van der Waals surface area contributed by atoms with Crippen molar-refractivity contribution in [2.45, 2.75) is 26.3 Å². The highest BCUT2D eigenvalue weighted by Gasteiger charge is 2.10. The zero-order valence-corrected chi connectivity index (χ0v) is 12.2. The van der Waals surface area contributed by atoms with Gasteiger partial charge in [-0.25, -0.2) is 0 Å². The van der Waals surface area contributed by atoms with Crippen LogP contribution in [0.25, 0.3) is 0 Å². The second-order valence-electron chi connectivity index (χ2n) is 4.34. The van der Waals surface area contributed by atoms with Crippen molar-refractivity contribution in [3.05, 3.63) is 29.3 Å². The van der Waals surface area contributed by atoms with E-state index in [0.717, 1.165) is 11.3 Å². The van der Waals surface area contributed by atoms with Crippen LogP contribution in [0.2, 0.25) is 0 Å². The summed E-state index contributed by atoms with van der Waals surface area (Å²) in [5.41, 5.74) is 2.27. The lowest BCUT2D eigenvalue weighted by atomic mass is 9.99. The Morgan fingerprint density at radius 3 is 2.59 bits per heavy atom. The molecule has 1 aromatic rings. The van der Waals surface area contributed by atoms with Crippen molar-refractivity contribution in [1.29, 1.82) is 0 Å². The maximum Gasteiger partial charge on any atom is 0.289 e. The molecule has 0 heterocycles. The highest BCUT2D eigenvalue weighted by atomic mass is 79.9. The molecule has 1 rings (SSSR count). The standard InChI is InChI=1S/C13H18BrNO2/c1-9(2)11-7-10(5-6-12(11)17-4)8-15(3)13(14)16/h5-7,9H,8H2,1-4H3. The van der Waals surface area contributed by atoms with E-state index in [1.807, 2.05) is 12.1 Å². The SMILES string of the molecule is COc1ccc(CN(C)C(=O)Br)cc1C(C)C. The number of halogens is 1. The van der Waals surface area contributed by atoms with Crippen molar-refractivity contribution in [2.24, 2.45) is 0 Å². The quantitative estimate of drug-likeness (QED) is 0.626. The summed E-state index contributed by atoms with van der Waals surface area (Å²) in [5.74, 6) is 1.30. The van der Waals surface area contributed by atoms with Crippen LogP contribution in [0.4, 0.5) is 4.79 Å². The first kappa shape index (κ1) is 14.0. The summed E-state index contributed by atoms with van der Waals surface area (Å²) >= 11 is 2.94. The van der Waals surface area contributed by atoms with Crippen LogP contribution in [-0.4, -0.2) is 23.9 Å². The molecule has 0 aliphatic carbocycles. The van der Waals surface area contributed by atoms with E-state index in [1.165, 1.54) is 5.56 Å². The Balaban J connectivity index is 2.96. The molecule has 94 valence electrons. The summed E-state index contributed by atoms with van der Waals surface area (Å²) in [6.07, 6.45) is 0. The molecule has 0 spiro atoms. The fraction of sp³-hybridized carbons (Fsp3) is 0.462. The largest absolute Gasteiger partial charge is 0.496 e. The van der Waals surface area contributed by atoms with E-state index in [2.05, 4.69) is 35.8 Å². The molecule has 17 heavy (non-hydrogen) atoms. The van der Waals surface area contributed by atoms with Gasteiger partial charge in [-0.05, 0) is 23.1 Å². The van der Waals surface area contributed by atoms with Crippen molar-refractivity contribution in [2.75, 3.05) is 14.2 Å². The Labute approximate surface area is 111 Å². The Hall–Kier alpha value is -1.03. The van der Waals surface area contributed by atoms with Crippen LogP contribution in [0.1, 0.15) is 30.9 Å². The van der Waals surface area contributed by atoms with Gasteiger partial charge in [0.1, 0.15) is 5.75 Å². The van der Waals surface area contributed by atoms with Gasteiger partial charge in [0.25, 0.3) is 4.82 Å². The summed E-state index contributed by atoms with van der Waals surface area (Å²) < 4.78 is 5.32. The molecule has 3 nitrogen and oxygen atoms in total. The summed E-state index contributed by atoms with van der Waals surface area (Å²) in [5, 5.41) is 0. The number of benzene rings is 1. The van der Waals surface area contributed by atoms with Crippen LogP contribution in [0, 0.1) is 0 Å². The Morgan fingerprint density at radius 2 is 2.12 bits per heavy atom. The molecule has 0 saturated heterocycles. The Kier molecular flexibility index (Phi) is 5.00. The van der Waals surface area contributed by atoms with E-state index in [4.69, 9.17) is 4.74 Å². The molecule has 0 fully saturated rings. The molecule has 0 atom stereocenters. The number of hydrogen-bond donors (Lipinski definition) is 0. The number of methoxy groups -OCH3 is 1. The first-order valence-electron chi connectivity index (χ1n) is 5.53. The van der Waals surface area contributed by atoms with Crippen molar-refractivity contribution in [1.82, 2.24) is 4.90 Å². The third-order valence-electron chi connectivity index (χ3n) is 2.64. The summed E-state index contributed by atoms with van der Waals surface area (Å²) in [6, 6.07) is 6.03. The van der Waals surface area contributed by atoms with E-state index in [-0.39, 0.29) is 4.82 Å². The molecule has 1 aromatic carbocycles. The molecule has 4 heteroatoms. The number of nitrogens with zero attached hydrogens (tertiary/aromatic N) is 1. The average Bonchev–Trinajstić information content (AvgIpc) is 2.28. The molecule has 0 aliphatic heterocycles. The fourth-order valence-electron chi connectivity index (χ4n) is 1.67. The van der Waals surface area contributed by atoms with E-state index < -0.39 is 0 Å². The van der Waals surface area contributed by atoms with Crippen LogP contribution in [0.5, 0.6) is 5.75 Å². The molecule has 0 saturated carbocycles. The second kappa shape index (κ2) is 6.05. The van der Waals surface area contributed by atoms with Gasteiger partial charge in [-0.1, -0.05) is 26.0 Å². The third-order valence-corrected chi connectivity index (χ3v) is 3.24. The lowest BCUT2D eigenvalue weighted by Crippen LogP contribution is -2.19. The highest BCUT2D eigenvalue weighted by molar-refractivity contribution is 9.18. The molecule has 0 aliphatic rings. The van der Waals surface area contributed by atoms with Gasteiger partial charge in [0, 0.05) is 29.5 Å². The normalized spacial score (nSPS) is 10.5. The van der Waals surface area contributed by atoms with E-state index in [0.29, 0.717) is 12.5 Å². The summed E-state index contributed by atoms with van der Waals surface area (Å²) in [6.45, 7) is 4.84. The number of ether oxygens (including phenoxy) is 1. The molecule has 0 radical (unpaired) electrons. The molecular weight excluding hydrogens is 282 g/mol. The van der Waals surface area contributed by atoms with Crippen molar-refractivity contribution in [3.8, 4) is 5.75 Å². The van der Waals surface area contributed by atoms with Crippen molar-refractivity contribution in [3.63, 3.8) is 0 Å². The minimum atomic E-state index is -0.112. The van der Waals surface area contributed by atoms with E-state index in [9.17, 15) is 4.79 Å². The fourth-order valence-corrected chi connectivity index (χ4v) is 1.79. The van der Waals surface area contributed by atoms with Gasteiger partial charge >= 0.3 is 0 Å². The topological polar surface area (TPSA) is 29.5 Å². The molecule has 1 amide bonds. The summed E-state index contributed by atoms with van der Waals surface area (Å²) in [4.78, 5) is 12.6. The predicted molar refractivity (Wildman–Crippen MR) is 72.9 cm³/mol. The van der Waals surface area contributed by atoms with Gasteiger partial charge in [-0.3, -0.25) is 4.79 Å². The van der Waals surface area contributed by atoms with Gasteiger partial charge < -0.3 is 9.64 Å². The summed E-state index contributed by atoms with van der Waals surface area (Å²) in [7, 11) is 3.44. The molecular formula is C13H18BrNO2. The van der Waals surface area contributed by atoms with Crippen LogP contribution in [-0.2, 0) is 6.54 Å².